The fourth-order valence-electron chi connectivity index (χ4n) is 6.12. The molecule has 0 saturated heterocycles. The molecule has 0 unspecified atom stereocenters. The zero-order chi connectivity index (χ0) is 24.6. The molecule has 0 bridgehead atoms. The molecule has 2 fully saturated rings. The predicted octanol–water partition coefficient (Wildman–Crippen LogP) is 10.3. The van der Waals surface area contributed by atoms with Gasteiger partial charge in [-0.3, -0.25) is 0 Å². The van der Waals surface area contributed by atoms with Crippen LogP contribution in [0.2, 0.25) is 0 Å². The molecule has 0 spiro atoms. The van der Waals surface area contributed by atoms with Gasteiger partial charge in [0.1, 0.15) is 0 Å². The quantitative estimate of drug-likeness (QED) is 0.121. The van der Waals surface area contributed by atoms with Crippen molar-refractivity contribution < 1.29 is 0 Å². The molecule has 1 nitrogen and oxygen atoms in total. The number of rotatable bonds is 13. The lowest BCUT2D eigenvalue weighted by atomic mass is 9.76. The van der Waals surface area contributed by atoms with E-state index >= 15 is 0 Å². The number of nitrogens with zero attached hydrogens (tertiary/aromatic N) is 1. The van der Waals surface area contributed by atoms with Crippen molar-refractivity contribution in [3.63, 3.8) is 0 Å². The first-order chi connectivity index (χ1) is 17.3. The Bertz CT molecular complexity index is 805. The third-order valence-corrected chi connectivity index (χ3v) is 8.50. The fourth-order valence-corrected chi connectivity index (χ4v) is 6.12. The first-order valence-electron chi connectivity index (χ1n) is 14.8. The van der Waals surface area contributed by atoms with Crippen LogP contribution in [0.1, 0.15) is 120 Å². The normalized spacial score (nSPS) is 25.5. The molecule has 0 atom stereocenters. The molecule has 0 radical (unpaired) electrons. The summed E-state index contributed by atoms with van der Waals surface area (Å²) in [5.74, 6) is 3.29. The average Bonchev–Trinajstić information content (AvgIpc) is 2.91. The fraction of sp³-hybridized carbons (Fsp3) is 0.618. The summed E-state index contributed by atoms with van der Waals surface area (Å²) in [4.78, 5) is 0. The third-order valence-electron chi connectivity index (χ3n) is 8.50. The minimum Gasteiger partial charge on any atom is -0.193 e. The molecule has 0 amide bonds. The molecular weight excluding hydrogens is 422 g/mol. The molecule has 1 aromatic carbocycles. The second kappa shape index (κ2) is 16.6. The van der Waals surface area contributed by atoms with Gasteiger partial charge in [-0.05, 0) is 112 Å². The minimum atomic E-state index is 0.776. The molecule has 2 aliphatic carbocycles. The van der Waals surface area contributed by atoms with Crippen LogP contribution in [-0.2, 0) is 6.42 Å². The number of unbranched alkanes of at least 4 members (excludes halogenated alkanes) is 4. The van der Waals surface area contributed by atoms with Crippen LogP contribution in [0, 0.1) is 29.1 Å². The van der Waals surface area contributed by atoms with Gasteiger partial charge in [0, 0.05) is 6.08 Å². The maximum atomic E-state index is 8.51. The Morgan fingerprint density at radius 1 is 0.800 bits per heavy atom. The van der Waals surface area contributed by atoms with Crippen LogP contribution in [0.25, 0.3) is 0 Å². The van der Waals surface area contributed by atoms with Crippen LogP contribution in [-0.4, -0.2) is 0 Å². The predicted molar refractivity (Wildman–Crippen MR) is 151 cm³/mol. The van der Waals surface area contributed by atoms with Crippen LogP contribution in [0.4, 0.5) is 0 Å². The van der Waals surface area contributed by atoms with Crippen LogP contribution in [0.5, 0.6) is 0 Å². The Hall–Kier alpha value is -2.07. The standard InChI is InChI=1S/C34H49N/c1-2-3-4-6-9-13-30-20-24-33(25-21-30)34-26-22-32(23-27-34)19-18-31-16-14-29(15-17-31)12-10-7-5-8-11-28-35/h5,7-8,11,18-21,24-25,29,31-32,34H,2-4,6,9-10,12-17,22-23,26-27H2,1H3/t29-,31-,32-,34-. The summed E-state index contributed by atoms with van der Waals surface area (Å²) in [7, 11) is 0. The Labute approximate surface area is 216 Å². The highest BCUT2D eigenvalue weighted by Gasteiger charge is 2.22. The first kappa shape index (κ1) is 27.5. The van der Waals surface area contributed by atoms with E-state index < -0.39 is 0 Å². The largest absolute Gasteiger partial charge is 0.193 e. The Balaban J connectivity index is 1.30. The van der Waals surface area contributed by atoms with Crippen LogP contribution >= 0.6 is 0 Å². The summed E-state index contributed by atoms with van der Waals surface area (Å²) in [6.07, 6.45) is 34.3. The van der Waals surface area contributed by atoms with Gasteiger partial charge in [0.15, 0.2) is 0 Å². The number of hydrogen-bond acceptors (Lipinski definition) is 1. The van der Waals surface area contributed by atoms with Gasteiger partial charge in [-0.2, -0.15) is 5.26 Å². The second-order valence-electron chi connectivity index (χ2n) is 11.2. The summed E-state index contributed by atoms with van der Waals surface area (Å²) in [5.41, 5.74) is 3.11. The van der Waals surface area contributed by atoms with Crippen molar-refractivity contribution in [3.8, 4) is 6.07 Å². The second-order valence-corrected chi connectivity index (χ2v) is 11.2. The Morgan fingerprint density at radius 2 is 1.46 bits per heavy atom. The van der Waals surface area contributed by atoms with Crippen LogP contribution in [0.15, 0.2) is 60.7 Å². The summed E-state index contributed by atoms with van der Waals surface area (Å²) in [5, 5.41) is 8.51. The molecule has 2 aliphatic rings. The highest BCUT2D eigenvalue weighted by molar-refractivity contribution is 5.26. The van der Waals surface area contributed by atoms with Crippen molar-refractivity contribution >= 4 is 0 Å². The van der Waals surface area contributed by atoms with Crippen LogP contribution in [0.3, 0.4) is 0 Å². The number of allylic oxidation sites excluding steroid dienone is 6. The zero-order valence-electron chi connectivity index (χ0n) is 22.3. The van der Waals surface area contributed by atoms with Crippen LogP contribution < -0.4 is 0 Å². The molecule has 0 aliphatic heterocycles. The smallest absolute Gasteiger partial charge is 0.0912 e. The zero-order valence-corrected chi connectivity index (χ0v) is 22.3. The van der Waals surface area contributed by atoms with Crippen molar-refractivity contribution in [2.45, 2.75) is 116 Å². The van der Waals surface area contributed by atoms with Gasteiger partial charge in [-0.15, -0.1) is 0 Å². The van der Waals surface area contributed by atoms with Crippen molar-refractivity contribution in [1.29, 1.82) is 5.26 Å². The van der Waals surface area contributed by atoms with Gasteiger partial charge in [0.25, 0.3) is 0 Å². The van der Waals surface area contributed by atoms with Crippen molar-refractivity contribution in [1.82, 2.24) is 0 Å². The highest BCUT2D eigenvalue weighted by atomic mass is 14.3. The highest BCUT2D eigenvalue weighted by Crippen LogP contribution is 2.38. The van der Waals surface area contributed by atoms with Gasteiger partial charge < -0.3 is 0 Å². The maximum Gasteiger partial charge on any atom is 0.0912 e. The molecule has 0 heterocycles. The van der Waals surface area contributed by atoms with Gasteiger partial charge in [-0.25, -0.2) is 0 Å². The monoisotopic (exact) mass is 471 g/mol. The van der Waals surface area contributed by atoms with Crippen molar-refractivity contribution in [2.24, 2.45) is 17.8 Å². The molecule has 1 aromatic rings. The number of hydrogen-bond donors (Lipinski definition) is 0. The van der Waals surface area contributed by atoms with E-state index in [4.69, 9.17) is 5.26 Å². The molecule has 0 aromatic heterocycles. The molecule has 190 valence electrons. The van der Waals surface area contributed by atoms with E-state index in [1.807, 2.05) is 18.2 Å². The SMILES string of the molecule is CCCCCCCc1ccc([C@H]2CC[C@H](C=C[C@H]3CC[C@H](CCC=CC=CC#N)CC3)CC2)cc1. The first-order valence-corrected chi connectivity index (χ1v) is 14.8. The van der Waals surface area contributed by atoms with Gasteiger partial charge in [0.2, 0.25) is 0 Å². The van der Waals surface area contributed by atoms with Gasteiger partial charge in [0.05, 0.1) is 6.07 Å². The van der Waals surface area contributed by atoms with Gasteiger partial charge >= 0.3 is 0 Å². The molecule has 2 saturated carbocycles. The van der Waals surface area contributed by atoms with E-state index in [2.05, 4.69) is 49.4 Å². The maximum absolute atomic E-state index is 8.51. The van der Waals surface area contributed by atoms with E-state index in [-0.39, 0.29) is 0 Å². The van der Waals surface area contributed by atoms with E-state index in [1.165, 1.54) is 108 Å². The van der Waals surface area contributed by atoms with Gasteiger partial charge in [-0.1, -0.05) is 87.3 Å². The Kier molecular flexibility index (Phi) is 13.0. The summed E-state index contributed by atoms with van der Waals surface area (Å²) < 4.78 is 0. The average molecular weight is 472 g/mol. The lowest BCUT2D eigenvalue weighted by Crippen LogP contribution is -2.14. The topological polar surface area (TPSA) is 23.8 Å². The van der Waals surface area contributed by atoms with Crippen molar-refractivity contribution in [2.75, 3.05) is 0 Å². The molecule has 35 heavy (non-hydrogen) atoms. The number of aryl methyl sites for hydroxylation is 1. The lowest BCUT2D eigenvalue weighted by Gasteiger charge is -2.29. The lowest BCUT2D eigenvalue weighted by molar-refractivity contribution is 0.295. The van der Waals surface area contributed by atoms with Crippen molar-refractivity contribution in [3.05, 3.63) is 71.8 Å². The molecular formula is C34H49N. The van der Waals surface area contributed by atoms with E-state index in [1.54, 1.807) is 5.56 Å². The minimum absolute atomic E-state index is 0.776. The van der Waals surface area contributed by atoms with E-state index in [0.717, 1.165) is 30.1 Å². The third kappa shape index (κ3) is 10.6. The van der Waals surface area contributed by atoms with E-state index in [9.17, 15) is 0 Å². The molecule has 3 rings (SSSR count). The summed E-state index contributed by atoms with van der Waals surface area (Å²) in [6.45, 7) is 2.29. The Morgan fingerprint density at radius 3 is 2.11 bits per heavy atom. The summed E-state index contributed by atoms with van der Waals surface area (Å²) >= 11 is 0. The van der Waals surface area contributed by atoms with E-state index in [0.29, 0.717) is 0 Å². The number of nitriles is 1. The molecule has 0 N–H and O–H groups in total. The summed E-state index contributed by atoms with van der Waals surface area (Å²) in [6, 6.07) is 11.7. The number of benzene rings is 1. The molecule has 1 heteroatoms.